The maximum absolute atomic E-state index is 6.18. The number of rotatable bonds is 3. The van der Waals surface area contributed by atoms with Crippen molar-refractivity contribution in [3.8, 4) is 0 Å². The van der Waals surface area contributed by atoms with Gasteiger partial charge in [-0.25, -0.2) is 9.97 Å². The molecule has 1 heterocycles. The van der Waals surface area contributed by atoms with Crippen LogP contribution in [0.5, 0.6) is 0 Å². The summed E-state index contributed by atoms with van der Waals surface area (Å²) < 4.78 is 5.53. The lowest BCUT2D eigenvalue weighted by atomic mass is 9.79. The van der Waals surface area contributed by atoms with E-state index in [1.807, 2.05) is 13.8 Å². The standard InChI is InChI=1S/C12H16Cl2N2O/c1-7(2)8-9(13)15-11(16-10(8)14)12(17-3)5-4-6-12/h7H,4-6H2,1-3H3. The van der Waals surface area contributed by atoms with Crippen molar-refractivity contribution >= 4 is 23.2 Å². The fraction of sp³-hybridized carbons (Fsp3) is 0.667. The molecular formula is C12H16Cl2N2O. The lowest BCUT2D eigenvalue weighted by Gasteiger charge is -2.39. The highest BCUT2D eigenvalue weighted by atomic mass is 35.5. The monoisotopic (exact) mass is 274 g/mol. The van der Waals surface area contributed by atoms with Gasteiger partial charge in [-0.3, -0.25) is 0 Å². The number of nitrogens with zero attached hydrogens (tertiary/aromatic N) is 2. The molecule has 0 aromatic carbocycles. The molecule has 17 heavy (non-hydrogen) atoms. The zero-order chi connectivity index (χ0) is 12.6. The third kappa shape index (κ3) is 2.16. The Balaban J connectivity index is 2.45. The number of halogens is 2. The number of methoxy groups -OCH3 is 1. The average Bonchev–Trinajstić information content (AvgIpc) is 2.14. The summed E-state index contributed by atoms with van der Waals surface area (Å²) >= 11 is 12.4. The molecule has 0 atom stereocenters. The molecule has 0 saturated heterocycles. The Morgan fingerprint density at radius 2 is 1.71 bits per heavy atom. The van der Waals surface area contributed by atoms with Gasteiger partial charge in [-0.1, -0.05) is 37.0 Å². The van der Waals surface area contributed by atoms with E-state index < -0.39 is 0 Å². The molecule has 1 aromatic heterocycles. The lowest BCUT2D eigenvalue weighted by Crippen LogP contribution is -2.38. The topological polar surface area (TPSA) is 35.0 Å². The van der Waals surface area contributed by atoms with Gasteiger partial charge in [-0.2, -0.15) is 0 Å². The Hall–Kier alpha value is -0.380. The maximum atomic E-state index is 6.18. The van der Waals surface area contributed by atoms with Crippen LogP contribution < -0.4 is 0 Å². The van der Waals surface area contributed by atoms with Crippen molar-refractivity contribution in [2.24, 2.45) is 0 Å². The number of hydrogen-bond donors (Lipinski definition) is 0. The molecule has 0 N–H and O–H groups in total. The van der Waals surface area contributed by atoms with E-state index in [9.17, 15) is 0 Å². The number of hydrogen-bond acceptors (Lipinski definition) is 3. The Kier molecular flexibility index (Phi) is 3.62. The highest BCUT2D eigenvalue weighted by Gasteiger charge is 2.42. The van der Waals surface area contributed by atoms with E-state index in [-0.39, 0.29) is 11.5 Å². The van der Waals surface area contributed by atoms with E-state index in [4.69, 9.17) is 27.9 Å². The summed E-state index contributed by atoms with van der Waals surface area (Å²) in [7, 11) is 1.68. The van der Waals surface area contributed by atoms with E-state index in [1.54, 1.807) is 7.11 Å². The largest absolute Gasteiger partial charge is 0.370 e. The zero-order valence-electron chi connectivity index (χ0n) is 10.3. The summed E-state index contributed by atoms with van der Waals surface area (Å²) in [5, 5.41) is 0.886. The van der Waals surface area contributed by atoms with Crippen molar-refractivity contribution in [1.82, 2.24) is 9.97 Å². The molecule has 1 aliphatic carbocycles. The van der Waals surface area contributed by atoms with E-state index >= 15 is 0 Å². The second-order valence-electron chi connectivity index (χ2n) is 4.75. The molecule has 1 aromatic rings. The highest BCUT2D eigenvalue weighted by molar-refractivity contribution is 6.34. The molecule has 0 bridgehead atoms. The van der Waals surface area contributed by atoms with Crippen molar-refractivity contribution in [2.45, 2.75) is 44.6 Å². The van der Waals surface area contributed by atoms with Gasteiger partial charge < -0.3 is 4.74 Å². The molecule has 1 aliphatic rings. The summed E-state index contributed by atoms with van der Waals surface area (Å²) in [6.45, 7) is 4.04. The molecule has 0 unspecified atom stereocenters. The van der Waals surface area contributed by atoms with Gasteiger partial charge in [0, 0.05) is 12.7 Å². The second-order valence-corrected chi connectivity index (χ2v) is 5.47. The van der Waals surface area contributed by atoms with Crippen LogP contribution in [0.4, 0.5) is 0 Å². The van der Waals surface area contributed by atoms with Gasteiger partial charge in [-0.05, 0) is 25.2 Å². The Morgan fingerprint density at radius 1 is 1.18 bits per heavy atom. The van der Waals surface area contributed by atoms with Gasteiger partial charge in [0.2, 0.25) is 0 Å². The van der Waals surface area contributed by atoms with Crippen LogP contribution in [-0.2, 0) is 10.3 Å². The lowest BCUT2D eigenvalue weighted by molar-refractivity contribution is -0.0846. The van der Waals surface area contributed by atoms with Crippen LogP contribution in [0.15, 0.2) is 0 Å². The van der Waals surface area contributed by atoms with Crippen LogP contribution >= 0.6 is 23.2 Å². The average molecular weight is 275 g/mol. The van der Waals surface area contributed by atoms with Gasteiger partial charge in [0.25, 0.3) is 0 Å². The SMILES string of the molecule is COC1(c2nc(Cl)c(C(C)C)c(Cl)n2)CCC1. The molecular weight excluding hydrogens is 259 g/mol. The van der Waals surface area contributed by atoms with Gasteiger partial charge >= 0.3 is 0 Å². The fourth-order valence-electron chi connectivity index (χ4n) is 2.11. The number of ether oxygens (including phenoxy) is 1. The minimum absolute atomic E-state index is 0.212. The Labute approximate surface area is 112 Å². The van der Waals surface area contributed by atoms with E-state index in [0.717, 1.165) is 24.8 Å². The van der Waals surface area contributed by atoms with Gasteiger partial charge in [0.05, 0.1) is 0 Å². The van der Waals surface area contributed by atoms with Gasteiger partial charge in [0.15, 0.2) is 5.82 Å². The molecule has 94 valence electrons. The van der Waals surface area contributed by atoms with Crippen molar-refractivity contribution in [3.63, 3.8) is 0 Å². The first-order valence-corrected chi connectivity index (χ1v) is 6.54. The first-order chi connectivity index (χ1) is 8.00. The smallest absolute Gasteiger partial charge is 0.163 e. The maximum Gasteiger partial charge on any atom is 0.163 e. The van der Waals surface area contributed by atoms with Crippen LogP contribution in [0.25, 0.3) is 0 Å². The first-order valence-electron chi connectivity index (χ1n) is 5.79. The molecule has 1 saturated carbocycles. The van der Waals surface area contributed by atoms with E-state index in [1.165, 1.54) is 0 Å². The van der Waals surface area contributed by atoms with Crippen LogP contribution in [0, 0.1) is 0 Å². The summed E-state index contributed by atoms with van der Waals surface area (Å²) in [5.74, 6) is 0.828. The zero-order valence-corrected chi connectivity index (χ0v) is 11.8. The second kappa shape index (κ2) is 4.71. The third-order valence-corrected chi connectivity index (χ3v) is 3.97. The quantitative estimate of drug-likeness (QED) is 0.784. The molecule has 0 radical (unpaired) electrons. The fourth-order valence-corrected chi connectivity index (χ4v) is 2.94. The van der Waals surface area contributed by atoms with Crippen LogP contribution in [0.1, 0.15) is 50.4 Å². The molecule has 0 aliphatic heterocycles. The molecule has 3 nitrogen and oxygen atoms in total. The van der Waals surface area contributed by atoms with Crippen molar-refractivity contribution in [1.29, 1.82) is 0 Å². The Morgan fingerprint density at radius 3 is 2.00 bits per heavy atom. The number of aromatic nitrogens is 2. The minimum atomic E-state index is -0.372. The Bertz CT molecular complexity index is 402. The molecule has 5 heteroatoms. The normalized spacial score (nSPS) is 18.2. The molecule has 2 rings (SSSR count). The predicted molar refractivity (Wildman–Crippen MR) is 68.7 cm³/mol. The molecule has 0 spiro atoms. The van der Waals surface area contributed by atoms with Gasteiger partial charge in [0.1, 0.15) is 15.9 Å². The van der Waals surface area contributed by atoms with Crippen LogP contribution in [0.2, 0.25) is 10.3 Å². The first kappa shape index (κ1) is 13.1. The van der Waals surface area contributed by atoms with Crippen LogP contribution in [0.3, 0.4) is 0 Å². The highest BCUT2D eigenvalue weighted by Crippen LogP contribution is 2.44. The van der Waals surface area contributed by atoms with Crippen LogP contribution in [-0.4, -0.2) is 17.1 Å². The minimum Gasteiger partial charge on any atom is -0.370 e. The predicted octanol–water partition coefficient (Wildman–Crippen LogP) is 3.93. The summed E-state index contributed by atoms with van der Waals surface area (Å²) in [6.07, 6.45) is 2.98. The van der Waals surface area contributed by atoms with Crippen molar-refractivity contribution in [2.75, 3.05) is 7.11 Å². The van der Waals surface area contributed by atoms with Gasteiger partial charge in [-0.15, -0.1) is 0 Å². The molecule has 1 fully saturated rings. The van der Waals surface area contributed by atoms with Crippen molar-refractivity contribution < 1.29 is 4.74 Å². The summed E-state index contributed by atoms with van der Waals surface area (Å²) in [5.41, 5.74) is 0.436. The van der Waals surface area contributed by atoms with E-state index in [2.05, 4.69) is 9.97 Å². The summed E-state index contributed by atoms with van der Waals surface area (Å²) in [4.78, 5) is 8.73. The molecule has 0 amide bonds. The summed E-state index contributed by atoms with van der Waals surface area (Å²) in [6, 6.07) is 0. The third-order valence-electron chi connectivity index (χ3n) is 3.39. The van der Waals surface area contributed by atoms with E-state index in [0.29, 0.717) is 16.1 Å². The van der Waals surface area contributed by atoms with Crippen molar-refractivity contribution in [3.05, 3.63) is 21.7 Å².